The number of fused-ring (bicyclic) bond motifs is 1. The lowest BCUT2D eigenvalue weighted by molar-refractivity contribution is 0.320. The molecule has 1 atom stereocenters. The lowest BCUT2D eigenvalue weighted by atomic mass is 10.1. The highest BCUT2D eigenvalue weighted by Gasteiger charge is 2.16. The van der Waals surface area contributed by atoms with Crippen molar-refractivity contribution in [2.24, 2.45) is 0 Å². The summed E-state index contributed by atoms with van der Waals surface area (Å²) in [5.41, 5.74) is 2.52. The number of rotatable bonds is 9. The molecule has 0 fully saturated rings. The number of likely N-dealkylation sites (N-methyl/N-ethyl adjacent to an activating group) is 1. The Morgan fingerprint density at radius 2 is 1.88 bits per heavy atom. The van der Waals surface area contributed by atoms with E-state index >= 15 is 0 Å². The van der Waals surface area contributed by atoms with E-state index < -0.39 is 0 Å². The molecular formula is C25H32N4O2S. The summed E-state index contributed by atoms with van der Waals surface area (Å²) in [5.74, 6) is 0.788. The smallest absolute Gasteiger partial charge is 0.253 e. The van der Waals surface area contributed by atoms with Crippen LogP contribution in [0.4, 0.5) is 0 Å². The van der Waals surface area contributed by atoms with Crippen molar-refractivity contribution in [3.63, 3.8) is 0 Å². The molecule has 0 aliphatic rings. The van der Waals surface area contributed by atoms with E-state index in [-0.39, 0.29) is 11.6 Å². The third-order valence-electron chi connectivity index (χ3n) is 5.31. The first kappa shape index (κ1) is 23.8. The van der Waals surface area contributed by atoms with Gasteiger partial charge in [-0.15, -0.1) is 0 Å². The van der Waals surface area contributed by atoms with Crippen LogP contribution in [-0.2, 0) is 6.54 Å². The van der Waals surface area contributed by atoms with E-state index in [0.29, 0.717) is 30.4 Å². The van der Waals surface area contributed by atoms with Gasteiger partial charge in [0.15, 0.2) is 5.11 Å². The standard InChI is InChI=1S/C25H32N4O2S/c1-5-31-22-11-12-23-20(16-22)15-21(24(30)27-23)17-29(14-13-28(3)4)25(32)26-18(2)19-9-7-6-8-10-19/h6-12,15-16,18H,5,13-14,17H2,1-4H3,(H,26,32)(H,27,30)/t18-/m0/s1. The number of nitrogens with one attached hydrogen (secondary N) is 2. The monoisotopic (exact) mass is 452 g/mol. The average Bonchev–Trinajstić information content (AvgIpc) is 2.77. The van der Waals surface area contributed by atoms with Gasteiger partial charge < -0.3 is 24.8 Å². The summed E-state index contributed by atoms with van der Waals surface area (Å²) in [6, 6.07) is 17.9. The summed E-state index contributed by atoms with van der Waals surface area (Å²) in [4.78, 5) is 19.9. The highest BCUT2D eigenvalue weighted by Crippen LogP contribution is 2.20. The van der Waals surface area contributed by atoms with Crippen LogP contribution in [0.25, 0.3) is 10.9 Å². The van der Waals surface area contributed by atoms with Crippen LogP contribution in [0.15, 0.2) is 59.4 Å². The molecule has 32 heavy (non-hydrogen) atoms. The topological polar surface area (TPSA) is 60.6 Å². The molecule has 2 aromatic carbocycles. The Hall–Kier alpha value is -2.90. The lowest BCUT2D eigenvalue weighted by Crippen LogP contribution is -2.44. The van der Waals surface area contributed by atoms with Crippen LogP contribution in [0.5, 0.6) is 5.75 Å². The molecule has 7 heteroatoms. The minimum absolute atomic E-state index is 0.0641. The van der Waals surface area contributed by atoms with Gasteiger partial charge in [-0.3, -0.25) is 4.79 Å². The number of pyridine rings is 1. The van der Waals surface area contributed by atoms with Crippen molar-refractivity contribution in [3.05, 3.63) is 76.1 Å². The predicted molar refractivity (Wildman–Crippen MR) is 135 cm³/mol. The zero-order chi connectivity index (χ0) is 23.1. The lowest BCUT2D eigenvalue weighted by Gasteiger charge is -2.29. The van der Waals surface area contributed by atoms with Crippen molar-refractivity contribution < 1.29 is 4.74 Å². The number of benzene rings is 2. The highest BCUT2D eigenvalue weighted by molar-refractivity contribution is 7.80. The molecular weight excluding hydrogens is 420 g/mol. The molecule has 0 saturated heterocycles. The number of hydrogen-bond acceptors (Lipinski definition) is 4. The second-order valence-corrected chi connectivity index (χ2v) is 8.50. The second kappa shape index (κ2) is 11.1. The summed E-state index contributed by atoms with van der Waals surface area (Å²) in [6.07, 6.45) is 0. The van der Waals surface area contributed by atoms with Gasteiger partial charge in [-0.05, 0) is 70.0 Å². The summed E-state index contributed by atoms with van der Waals surface area (Å²) >= 11 is 5.76. The van der Waals surface area contributed by atoms with Gasteiger partial charge in [0, 0.05) is 29.6 Å². The molecule has 1 aromatic heterocycles. The molecule has 0 aliphatic carbocycles. The Morgan fingerprint density at radius 3 is 2.56 bits per heavy atom. The Bertz CT molecular complexity index is 1100. The molecule has 0 spiro atoms. The van der Waals surface area contributed by atoms with E-state index in [1.54, 1.807) is 0 Å². The maximum Gasteiger partial charge on any atom is 0.253 e. The third kappa shape index (κ3) is 6.31. The second-order valence-electron chi connectivity index (χ2n) is 8.11. The van der Waals surface area contributed by atoms with Gasteiger partial charge in [0.05, 0.1) is 19.2 Å². The number of H-pyrrole nitrogens is 1. The van der Waals surface area contributed by atoms with E-state index in [1.807, 2.05) is 63.5 Å². The SMILES string of the molecule is CCOc1ccc2[nH]c(=O)c(CN(CCN(C)C)C(=S)N[C@@H](C)c3ccccc3)cc2c1. The first-order chi connectivity index (χ1) is 15.4. The Morgan fingerprint density at radius 1 is 1.12 bits per heavy atom. The Balaban J connectivity index is 1.83. The fraction of sp³-hybridized carbons (Fsp3) is 0.360. The molecule has 0 aliphatic heterocycles. The van der Waals surface area contributed by atoms with Gasteiger partial charge in [-0.1, -0.05) is 30.3 Å². The van der Waals surface area contributed by atoms with Crippen molar-refractivity contribution in [1.29, 1.82) is 0 Å². The molecule has 0 bridgehead atoms. The van der Waals surface area contributed by atoms with Gasteiger partial charge >= 0.3 is 0 Å². The van der Waals surface area contributed by atoms with Crippen LogP contribution < -0.4 is 15.6 Å². The minimum Gasteiger partial charge on any atom is -0.494 e. The van der Waals surface area contributed by atoms with Crippen molar-refractivity contribution in [2.75, 3.05) is 33.8 Å². The molecule has 0 amide bonds. The van der Waals surface area contributed by atoms with Gasteiger partial charge in [-0.25, -0.2) is 0 Å². The van der Waals surface area contributed by atoms with Crippen molar-refractivity contribution in [1.82, 2.24) is 20.1 Å². The van der Waals surface area contributed by atoms with E-state index in [4.69, 9.17) is 17.0 Å². The van der Waals surface area contributed by atoms with E-state index in [9.17, 15) is 4.79 Å². The maximum absolute atomic E-state index is 12.8. The number of nitrogens with zero attached hydrogens (tertiary/aromatic N) is 2. The maximum atomic E-state index is 12.8. The fourth-order valence-electron chi connectivity index (χ4n) is 3.48. The molecule has 1 heterocycles. The predicted octanol–water partition coefficient (Wildman–Crippen LogP) is 3.93. The Labute approximate surface area is 195 Å². The van der Waals surface area contributed by atoms with E-state index in [0.717, 1.165) is 28.8 Å². The summed E-state index contributed by atoms with van der Waals surface area (Å²) < 4.78 is 5.62. The van der Waals surface area contributed by atoms with Crippen molar-refractivity contribution >= 4 is 28.2 Å². The van der Waals surface area contributed by atoms with E-state index in [2.05, 4.69) is 39.2 Å². The number of aromatic nitrogens is 1. The van der Waals surface area contributed by atoms with Crippen LogP contribution in [-0.4, -0.2) is 53.7 Å². The normalized spacial score (nSPS) is 12.0. The highest BCUT2D eigenvalue weighted by atomic mass is 32.1. The van der Waals surface area contributed by atoms with Crippen LogP contribution >= 0.6 is 12.2 Å². The molecule has 6 nitrogen and oxygen atoms in total. The van der Waals surface area contributed by atoms with Gasteiger partial charge in [-0.2, -0.15) is 0 Å². The molecule has 0 unspecified atom stereocenters. The van der Waals surface area contributed by atoms with Crippen LogP contribution in [0.1, 0.15) is 31.0 Å². The molecule has 170 valence electrons. The zero-order valence-electron chi connectivity index (χ0n) is 19.2. The molecule has 3 rings (SSSR count). The average molecular weight is 453 g/mol. The van der Waals surface area contributed by atoms with Gasteiger partial charge in [0.25, 0.3) is 5.56 Å². The first-order valence-corrected chi connectivity index (χ1v) is 11.3. The van der Waals surface area contributed by atoms with Crippen molar-refractivity contribution in [3.8, 4) is 5.75 Å². The third-order valence-corrected chi connectivity index (χ3v) is 5.68. The van der Waals surface area contributed by atoms with Crippen LogP contribution in [0, 0.1) is 0 Å². The number of thiocarbonyl (C=S) groups is 1. The summed E-state index contributed by atoms with van der Waals surface area (Å²) in [5, 5.41) is 5.00. The molecule has 3 aromatic rings. The number of ether oxygens (including phenoxy) is 1. The minimum atomic E-state index is -0.101. The number of aromatic amines is 1. The zero-order valence-corrected chi connectivity index (χ0v) is 20.0. The van der Waals surface area contributed by atoms with E-state index in [1.165, 1.54) is 0 Å². The first-order valence-electron chi connectivity index (χ1n) is 10.9. The summed E-state index contributed by atoms with van der Waals surface area (Å²) in [6.45, 7) is 6.59. The van der Waals surface area contributed by atoms with Crippen LogP contribution in [0.2, 0.25) is 0 Å². The number of hydrogen-bond donors (Lipinski definition) is 2. The van der Waals surface area contributed by atoms with Crippen LogP contribution in [0.3, 0.4) is 0 Å². The van der Waals surface area contributed by atoms with Gasteiger partial charge in [0.1, 0.15) is 5.75 Å². The molecule has 0 radical (unpaired) electrons. The fourth-order valence-corrected chi connectivity index (χ4v) is 3.82. The molecule has 0 saturated carbocycles. The summed E-state index contributed by atoms with van der Waals surface area (Å²) in [7, 11) is 4.05. The largest absolute Gasteiger partial charge is 0.494 e. The molecule has 2 N–H and O–H groups in total. The van der Waals surface area contributed by atoms with Crippen molar-refractivity contribution in [2.45, 2.75) is 26.4 Å². The Kier molecular flexibility index (Phi) is 8.25. The van der Waals surface area contributed by atoms with Gasteiger partial charge in [0.2, 0.25) is 0 Å². The quantitative estimate of drug-likeness (QED) is 0.480.